The molecule has 0 unspecified atom stereocenters. The number of halogens is 3. The highest BCUT2D eigenvalue weighted by molar-refractivity contribution is 5.43. The Morgan fingerprint density at radius 3 is 2.23 bits per heavy atom. The predicted octanol–water partition coefficient (Wildman–Crippen LogP) is 3.30. The van der Waals surface area contributed by atoms with Crippen LogP contribution in [0.2, 0.25) is 0 Å². The molecule has 0 radical (unpaired) electrons. The minimum absolute atomic E-state index is 0.0488. The Morgan fingerprint density at radius 2 is 1.73 bits per heavy atom. The fourth-order valence-corrected chi connectivity index (χ4v) is 3.04. The van der Waals surface area contributed by atoms with E-state index in [2.05, 4.69) is 10.2 Å². The zero-order valence-electron chi connectivity index (χ0n) is 13.0. The lowest BCUT2D eigenvalue weighted by atomic mass is 9.95. The van der Waals surface area contributed by atoms with Gasteiger partial charge in [-0.25, -0.2) is 0 Å². The molecule has 0 aliphatic carbocycles. The maximum absolute atomic E-state index is 12.7. The van der Waals surface area contributed by atoms with Crippen LogP contribution in [0, 0.1) is 13.8 Å². The van der Waals surface area contributed by atoms with E-state index in [9.17, 15) is 18.3 Å². The summed E-state index contributed by atoms with van der Waals surface area (Å²) in [5, 5.41) is 13.1. The van der Waals surface area contributed by atoms with Crippen LogP contribution in [0.5, 0.6) is 5.75 Å². The molecule has 0 aromatic heterocycles. The average Bonchev–Trinajstić information content (AvgIpc) is 2.45. The van der Waals surface area contributed by atoms with Crippen molar-refractivity contribution in [3.8, 4) is 5.75 Å². The van der Waals surface area contributed by atoms with Gasteiger partial charge in [0, 0.05) is 38.6 Å². The summed E-state index contributed by atoms with van der Waals surface area (Å²) < 4.78 is 38.0. The number of benzene rings is 1. The summed E-state index contributed by atoms with van der Waals surface area (Å²) in [5.41, 5.74) is 2.28. The molecule has 1 aromatic rings. The Bertz CT molecular complexity index is 488. The molecule has 0 spiro atoms. The van der Waals surface area contributed by atoms with Gasteiger partial charge in [-0.3, -0.25) is 4.90 Å². The summed E-state index contributed by atoms with van der Waals surface area (Å²) in [6, 6.07) is 3.36. The van der Waals surface area contributed by atoms with Gasteiger partial charge >= 0.3 is 6.18 Å². The van der Waals surface area contributed by atoms with E-state index in [1.165, 1.54) is 0 Å². The number of alkyl halides is 3. The lowest BCUT2D eigenvalue weighted by Gasteiger charge is -2.36. The fourth-order valence-electron chi connectivity index (χ4n) is 3.04. The highest BCUT2D eigenvalue weighted by Gasteiger charge is 2.31. The molecule has 1 atom stereocenters. The molecule has 1 saturated heterocycles. The Balaban J connectivity index is 2.26. The van der Waals surface area contributed by atoms with Gasteiger partial charge in [-0.05, 0) is 37.0 Å². The van der Waals surface area contributed by atoms with E-state index in [1.54, 1.807) is 13.8 Å². The normalized spacial score (nSPS) is 18.4. The van der Waals surface area contributed by atoms with Gasteiger partial charge in [0.25, 0.3) is 0 Å². The van der Waals surface area contributed by atoms with Crippen LogP contribution in [-0.2, 0) is 0 Å². The van der Waals surface area contributed by atoms with Gasteiger partial charge < -0.3 is 10.4 Å². The van der Waals surface area contributed by atoms with Crippen LogP contribution in [0.4, 0.5) is 13.2 Å². The lowest BCUT2D eigenvalue weighted by Crippen LogP contribution is -2.45. The number of aromatic hydroxyl groups is 1. The molecule has 0 bridgehead atoms. The summed E-state index contributed by atoms with van der Waals surface area (Å²) >= 11 is 0. The van der Waals surface area contributed by atoms with Crippen molar-refractivity contribution in [3.05, 3.63) is 28.8 Å². The van der Waals surface area contributed by atoms with Crippen LogP contribution in [-0.4, -0.2) is 42.4 Å². The van der Waals surface area contributed by atoms with E-state index in [0.717, 1.165) is 31.7 Å². The monoisotopic (exact) mass is 316 g/mol. The highest BCUT2D eigenvalue weighted by Crippen LogP contribution is 2.34. The van der Waals surface area contributed by atoms with Crippen molar-refractivity contribution in [3.63, 3.8) is 0 Å². The third-order valence-corrected chi connectivity index (χ3v) is 4.19. The molecule has 1 aliphatic rings. The molecule has 1 aliphatic heterocycles. The Kier molecular flexibility index (Phi) is 5.34. The Hall–Kier alpha value is -1.27. The van der Waals surface area contributed by atoms with Crippen LogP contribution in [0.1, 0.15) is 35.6 Å². The van der Waals surface area contributed by atoms with E-state index in [4.69, 9.17) is 0 Å². The number of hydrogen-bond acceptors (Lipinski definition) is 3. The molecule has 0 amide bonds. The molecule has 124 valence electrons. The molecular formula is C16H23F3N2O. The summed E-state index contributed by atoms with van der Waals surface area (Å²) in [6.45, 7) is 6.62. The quantitative estimate of drug-likeness (QED) is 0.895. The first-order valence-electron chi connectivity index (χ1n) is 7.59. The molecule has 1 heterocycles. The SMILES string of the molecule is Cc1cc([C@H](CCC(F)(F)F)N2CCNCC2)cc(C)c1O. The summed E-state index contributed by atoms with van der Waals surface area (Å²) in [7, 11) is 0. The molecule has 6 heteroatoms. The van der Waals surface area contributed by atoms with Crippen LogP contribution >= 0.6 is 0 Å². The first-order valence-corrected chi connectivity index (χ1v) is 7.59. The fraction of sp³-hybridized carbons (Fsp3) is 0.625. The van der Waals surface area contributed by atoms with E-state index in [0.29, 0.717) is 11.1 Å². The van der Waals surface area contributed by atoms with Crippen molar-refractivity contribution in [1.82, 2.24) is 10.2 Å². The Morgan fingerprint density at radius 1 is 1.18 bits per heavy atom. The van der Waals surface area contributed by atoms with E-state index >= 15 is 0 Å². The predicted molar refractivity (Wildman–Crippen MR) is 80.1 cm³/mol. The molecule has 1 fully saturated rings. The molecule has 22 heavy (non-hydrogen) atoms. The number of phenols is 1. The van der Waals surface area contributed by atoms with Crippen LogP contribution < -0.4 is 5.32 Å². The van der Waals surface area contributed by atoms with E-state index < -0.39 is 12.6 Å². The molecule has 2 N–H and O–H groups in total. The minimum atomic E-state index is -4.15. The first kappa shape index (κ1) is 17.1. The van der Waals surface area contributed by atoms with Crippen molar-refractivity contribution < 1.29 is 18.3 Å². The standard InChI is InChI=1S/C16H23F3N2O/c1-11-9-13(10-12(2)15(11)22)14(3-4-16(17,18)19)21-7-5-20-6-8-21/h9-10,14,20,22H,3-8H2,1-2H3/t14-/m0/s1. The average molecular weight is 316 g/mol. The largest absolute Gasteiger partial charge is 0.507 e. The second-order valence-corrected chi connectivity index (χ2v) is 5.96. The lowest BCUT2D eigenvalue weighted by molar-refractivity contribution is -0.138. The third kappa shape index (κ3) is 4.36. The van der Waals surface area contributed by atoms with Crippen molar-refractivity contribution in [2.75, 3.05) is 26.2 Å². The zero-order valence-corrected chi connectivity index (χ0v) is 13.0. The van der Waals surface area contributed by atoms with Gasteiger partial charge in [0.1, 0.15) is 5.75 Å². The van der Waals surface area contributed by atoms with Crippen LogP contribution in [0.25, 0.3) is 0 Å². The minimum Gasteiger partial charge on any atom is -0.507 e. The zero-order chi connectivity index (χ0) is 16.3. The van der Waals surface area contributed by atoms with Gasteiger partial charge in [0.2, 0.25) is 0 Å². The molecular weight excluding hydrogens is 293 g/mol. The second-order valence-electron chi connectivity index (χ2n) is 5.96. The molecule has 3 nitrogen and oxygen atoms in total. The first-order chi connectivity index (χ1) is 10.3. The van der Waals surface area contributed by atoms with Crippen LogP contribution in [0.3, 0.4) is 0 Å². The van der Waals surface area contributed by atoms with E-state index in [-0.39, 0.29) is 18.2 Å². The Labute approximate surface area is 129 Å². The summed E-state index contributed by atoms with van der Waals surface area (Å²) in [4.78, 5) is 2.10. The van der Waals surface area contributed by atoms with Crippen molar-refractivity contribution in [2.45, 2.75) is 38.9 Å². The van der Waals surface area contributed by atoms with Gasteiger partial charge in [-0.1, -0.05) is 12.1 Å². The number of nitrogens with zero attached hydrogens (tertiary/aromatic N) is 1. The van der Waals surface area contributed by atoms with Gasteiger partial charge in [0.05, 0.1) is 0 Å². The van der Waals surface area contributed by atoms with Gasteiger partial charge in [-0.15, -0.1) is 0 Å². The van der Waals surface area contributed by atoms with Crippen molar-refractivity contribution in [1.29, 1.82) is 0 Å². The second kappa shape index (κ2) is 6.87. The number of piperazine rings is 1. The van der Waals surface area contributed by atoms with Gasteiger partial charge in [-0.2, -0.15) is 13.2 Å². The summed E-state index contributed by atoms with van der Waals surface area (Å²) in [6.07, 6.45) is -4.89. The number of aryl methyl sites for hydroxylation is 2. The smallest absolute Gasteiger partial charge is 0.389 e. The molecule has 1 aromatic carbocycles. The van der Waals surface area contributed by atoms with Gasteiger partial charge in [0.15, 0.2) is 0 Å². The molecule has 2 rings (SSSR count). The third-order valence-electron chi connectivity index (χ3n) is 4.19. The number of phenolic OH excluding ortho intramolecular Hbond substituents is 1. The van der Waals surface area contributed by atoms with E-state index in [1.807, 2.05) is 12.1 Å². The van der Waals surface area contributed by atoms with Crippen LogP contribution in [0.15, 0.2) is 12.1 Å². The summed E-state index contributed by atoms with van der Waals surface area (Å²) in [5.74, 6) is 0.221. The van der Waals surface area contributed by atoms with Crippen molar-refractivity contribution >= 4 is 0 Å². The number of rotatable bonds is 4. The van der Waals surface area contributed by atoms with Crippen molar-refractivity contribution in [2.24, 2.45) is 0 Å². The molecule has 0 saturated carbocycles. The number of hydrogen-bond donors (Lipinski definition) is 2. The number of nitrogens with one attached hydrogen (secondary N) is 1. The maximum Gasteiger partial charge on any atom is 0.389 e. The topological polar surface area (TPSA) is 35.5 Å². The maximum atomic E-state index is 12.7. The highest BCUT2D eigenvalue weighted by atomic mass is 19.4.